The first kappa shape index (κ1) is 20.8. The summed E-state index contributed by atoms with van der Waals surface area (Å²) in [5.74, 6) is -0.214. The van der Waals surface area contributed by atoms with E-state index in [-0.39, 0.29) is 35.6 Å². The Balaban J connectivity index is 6.24. The van der Waals surface area contributed by atoms with Gasteiger partial charge in [0.25, 0.3) is 10.1 Å². The molecule has 0 saturated carbocycles. The van der Waals surface area contributed by atoms with E-state index in [1.807, 2.05) is 27.7 Å². The number of rotatable bonds is 8. The van der Waals surface area contributed by atoms with Crippen LogP contribution in [0.25, 0.3) is 0 Å². The fourth-order valence-electron chi connectivity index (χ4n) is 2.06. The van der Waals surface area contributed by atoms with Gasteiger partial charge in [-0.1, -0.05) is 47.6 Å². The van der Waals surface area contributed by atoms with Crippen molar-refractivity contribution in [3.63, 3.8) is 0 Å². The highest BCUT2D eigenvalue weighted by molar-refractivity contribution is 7.89. The number of nitro groups is 1. The largest absolute Gasteiger partial charge is 0.290 e. The van der Waals surface area contributed by atoms with Crippen molar-refractivity contribution in [1.29, 1.82) is 0 Å². The summed E-state index contributed by atoms with van der Waals surface area (Å²) in [7, 11) is -4.34. The first-order valence-electron chi connectivity index (χ1n) is 7.39. The van der Waals surface area contributed by atoms with Gasteiger partial charge in [-0.15, -0.1) is 0 Å². The van der Waals surface area contributed by atoms with Crippen LogP contribution in [0.1, 0.15) is 48.0 Å². The summed E-state index contributed by atoms with van der Waals surface area (Å²) in [6.07, 6.45) is 1.77. The smallest absolute Gasteiger partial charge is 0.282 e. The number of allylic oxidation sites excluding steroid dienone is 3. The van der Waals surface area contributed by atoms with E-state index in [0.717, 1.165) is 0 Å². The highest BCUT2D eigenvalue weighted by atomic mass is 32.2. The summed E-state index contributed by atoms with van der Waals surface area (Å²) in [6, 6.07) is 0. The van der Waals surface area contributed by atoms with Crippen molar-refractivity contribution in [1.82, 2.24) is 0 Å². The van der Waals surface area contributed by atoms with Gasteiger partial charge in [0.1, 0.15) is 0 Å². The fourth-order valence-corrected chi connectivity index (χ4v) is 3.19. The number of hydrogen-bond donors (Lipinski definition) is 1. The molecule has 0 aromatic heterocycles. The van der Waals surface area contributed by atoms with Crippen LogP contribution in [0.2, 0.25) is 0 Å². The second-order valence-electron chi connectivity index (χ2n) is 6.47. The Hall–Kier alpha value is -1.21. The highest BCUT2D eigenvalue weighted by Crippen LogP contribution is 2.28. The molecule has 128 valence electrons. The Bertz CT molecular complexity index is 556. The Kier molecular flexibility index (Phi) is 7.97. The molecule has 0 aliphatic heterocycles. The van der Waals surface area contributed by atoms with Crippen molar-refractivity contribution in [2.45, 2.75) is 48.0 Å². The predicted molar refractivity (Wildman–Crippen MR) is 87.7 cm³/mol. The van der Waals surface area contributed by atoms with Crippen molar-refractivity contribution in [3.05, 3.63) is 32.2 Å². The summed E-state index contributed by atoms with van der Waals surface area (Å²) in [5.41, 5.74) is 0.986. The average molecular weight is 333 g/mol. The second kappa shape index (κ2) is 8.43. The van der Waals surface area contributed by atoms with Gasteiger partial charge < -0.3 is 0 Å². The van der Waals surface area contributed by atoms with Gasteiger partial charge in [-0.2, -0.15) is 8.42 Å². The number of hydrogen-bond acceptors (Lipinski definition) is 4. The molecule has 0 heterocycles. The Morgan fingerprint density at radius 2 is 1.64 bits per heavy atom. The summed E-state index contributed by atoms with van der Waals surface area (Å²) < 4.78 is 33.0. The lowest BCUT2D eigenvalue weighted by Crippen LogP contribution is -2.14. The first-order valence-corrected chi connectivity index (χ1v) is 8.83. The minimum atomic E-state index is -4.34. The van der Waals surface area contributed by atoms with Gasteiger partial charge in [-0.3, -0.25) is 14.7 Å². The van der Waals surface area contributed by atoms with Crippen LogP contribution in [0, 0.1) is 27.9 Å². The fraction of sp³-hybridized carbons (Fsp3) is 0.733. The van der Waals surface area contributed by atoms with Crippen LogP contribution in [-0.2, 0) is 10.1 Å². The van der Waals surface area contributed by atoms with E-state index in [2.05, 4.69) is 0 Å². The maximum Gasteiger partial charge on any atom is 0.290 e. The van der Waals surface area contributed by atoms with Gasteiger partial charge in [0.2, 0.25) is 6.54 Å². The maximum absolute atomic E-state index is 11.7. The summed E-state index contributed by atoms with van der Waals surface area (Å²) >= 11 is 0. The number of nitrogens with zero attached hydrogens (tertiary/aromatic N) is 1. The molecule has 0 aromatic carbocycles. The molecule has 6 nitrogen and oxygen atoms in total. The molecular weight excluding hydrogens is 306 g/mol. The van der Waals surface area contributed by atoms with E-state index in [1.54, 1.807) is 19.9 Å². The molecule has 0 bridgehead atoms. The molecule has 0 unspecified atom stereocenters. The molecule has 0 aliphatic carbocycles. The second-order valence-corrected chi connectivity index (χ2v) is 7.91. The maximum atomic E-state index is 11.7. The van der Waals surface area contributed by atoms with Crippen LogP contribution in [0.4, 0.5) is 0 Å². The average Bonchev–Trinajstić information content (AvgIpc) is 2.29. The zero-order valence-corrected chi connectivity index (χ0v) is 15.0. The van der Waals surface area contributed by atoms with Crippen molar-refractivity contribution in [3.8, 4) is 0 Å². The molecule has 0 aliphatic rings. The Morgan fingerprint density at radius 3 is 1.91 bits per heavy atom. The standard InChI is InChI=1S/C15H27NO5S/c1-10(2)7-15(22(19,20)21)14(12(5)6)8-13(11(3)4)9-16(17)18/h8,10-12H,7,9H2,1-6H3,(H,19,20,21)/b13-8+,15-14-. The molecule has 7 heteroatoms. The molecule has 0 fully saturated rings. The van der Waals surface area contributed by atoms with Crippen LogP contribution in [0.3, 0.4) is 0 Å². The zero-order chi connectivity index (χ0) is 17.7. The summed E-state index contributed by atoms with van der Waals surface area (Å²) in [4.78, 5) is 10.3. The van der Waals surface area contributed by atoms with E-state index < -0.39 is 15.0 Å². The van der Waals surface area contributed by atoms with E-state index >= 15 is 0 Å². The first-order chi connectivity index (χ1) is 9.86. The van der Waals surface area contributed by atoms with Crippen LogP contribution >= 0.6 is 0 Å². The SMILES string of the molecule is CC(C)C/C(=C(\C=C(/C[N+](=O)[O-])C(C)C)C(C)C)S(=O)(=O)O. The third kappa shape index (κ3) is 7.17. The van der Waals surface area contributed by atoms with Crippen molar-refractivity contribution >= 4 is 10.1 Å². The Morgan fingerprint density at radius 1 is 1.14 bits per heavy atom. The lowest BCUT2D eigenvalue weighted by molar-refractivity contribution is -0.471. The van der Waals surface area contributed by atoms with Gasteiger partial charge in [0.15, 0.2) is 0 Å². The van der Waals surface area contributed by atoms with Crippen LogP contribution in [0.15, 0.2) is 22.1 Å². The Labute approximate surface area is 133 Å². The molecule has 0 rings (SSSR count). The normalized spacial score (nSPS) is 14.7. The van der Waals surface area contributed by atoms with Crippen LogP contribution in [0.5, 0.6) is 0 Å². The van der Waals surface area contributed by atoms with E-state index in [1.165, 1.54) is 0 Å². The molecule has 0 spiro atoms. The molecule has 0 atom stereocenters. The zero-order valence-electron chi connectivity index (χ0n) is 14.2. The van der Waals surface area contributed by atoms with Gasteiger partial charge in [-0.25, -0.2) is 0 Å². The van der Waals surface area contributed by atoms with Crippen molar-refractivity contribution in [2.75, 3.05) is 6.54 Å². The van der Waals surface area contributed by atoms with Gasteiger partial charge in [-0.05, 0) is 29.7 Å². The lowest BCUT2D eigenvalue weighted by atomic mass is 9.93. The quantitative estimate of drug-likeness (QED) is 0.316. The van der Waals surface area contributed by atoms with Gasteiger partial charge in [0, 0.05) is 10.5 Å². The third-order valence-corrected chi connectivity index (χ3v) is 4.27. The summed E-state index contributed by atoms with van der Waals surface area (Å²) in [6.45, 7) is 10.6. The monoisotopic (exact) mass is 333 g/mol. The highest BCUT2D eigenvalue weighted by Gasteiger charge is 2.23. The molecular formula is C15H27NO5S. The molecule has 1 N–H and O–H groups in total. The van der Waals surface area contributed by atoms with E-state index in [0.29, 0.717) is 11.1 Å². The minimum Gasteiger partial charge on any atom is -0.282 e. The van der Waals surface area contributed by atoms with Crippen LogP contribution in [-0.4, -0.2) is 24.4 Å². The summed E-state index contributed by atoms with van der Waals surface area (Å²) in [5, 5.41) is 10.8. The van der Waals surface area contributed by atoms with Crippen molar-refractivity contribution < 1.29 is 17.9 Å². The topological polar surface area (TPSA) is 97.5 Å². The van der Waals surface area contributed by atoms with Crippen LogP contribution < -0.4 is 0 Å². The van der Waals surface area contributed by atoms with Gasteiger partial charge >= 0.3 is 0 Å². The molecule has 0 radical (unpaired) electrons. The van der Waals surface area contributed by atoms with E-state index in [4.69, 9.17) is 0 Å². The van der Waals surface area contributed by atoms with Gasteiger partial charge in [0.05, 0.1) is 4.91 Å². The third-order valence-electron chi connectivity index (χ3n) is 3.24. The molecule has 0 saturated heterocycles. The lowest BCUT2D eigenvalue weighted by Gasteiger charge is -2.17. The molecule has 22 heavy (non-hydrogen) atoms. The minimum absolute atomic E-state index is 0.0390. The molecule has 0 amide bonds. The van der Waals surface area contributed by atoms with E-state index in [9.17, 15) is 23.1 Å². The predicted octanol–water partition coefficient (Wildman–Crippen LogP) is 3.69. The molecule has 0 aromatic rings. The van der Waals surface area contributed by atoms with Crippen molar-refractivity contribution in [2.24, 2.45) is 17.8 Å².